The van der Waals surface area contributed by atoms with Crippen LogP contribution in [0.25, 0.3) is 22.6 Å². The lowest BCUT2D eigenvalue weighted by molar-refractivity contribution is -0.0381. The smallest absolute Gasteiger partial charge is 0.343 e. The van der Waals surface area contributed by atoms with Crippen LogP contribution in [0, 0.1) is 5.92 Å². The summed E-state index contributed by atoms with van der Waals surface area (Å²) in [6.45, 7) is 3.12. The summed E-state index contributed by atoms with van der Waals surface area (Å²) in [5.41, 5.74) is 2.60. The summed E-state index contributed by atoms with van der Waals surface area (Å²) in [4.78, 5) is 18.7. The third-order valence-electron chi connectivity index (χ3n) is 6.13. The fraction of sp³-hybridized carbons (Fsp3) is 0.360. The minimum Gasteiger partial charge on any atom is -0.497 e. The van der Waals surface area contributed by atoms with Gasteiger partial charge in [0.15, 0.2) is 11.7 Å². The monoisotopic (exact) mass is 451 g/mol. The van der Waals surface area contributed by atoms with E-state index in [2.05, 4.69) is 6.92 Å². The molecule has 1 aromatic heterocycles. The summed E-state index contributed by atoms with van der Waals surface area (Å²) in [7, 11) is 4.62. The van der Waals surface area contributed by atoms with Crippen LogP contribution in [0.5, 0.6) is 11.5 Å². The minimum absolute atomic E-state index is 0.0574. The number of methoxy groups -OCH3 is 2. The van der Waals surface area contributed by atoms with Gasteiger partial charge in [-0.25, -0.2) is 14.8 Å². The highest BCUT2D eigenvalue weighted by molar-refractivity contribution is 5.77. The van der Waals surface area contributed by atoms with E-state index in [1.807, 2.05) is 48.5 Å². The lowest BCUT2D eigenvalue weighted by atomic mass is 9.87. The van der Waals surface area contributed by atoms with Gasteiger partial charge >= 0.3 is 6.03 Å². The van der Waals surface area contributed by atoms with Gasteiger partial charge < -0.3 is 18.8 Å². The van der Waals surface area contributed by atoms with Crippen LogP contribution < -0.4 is 9.47 Å². The van der Waals surface area contributed by atoms with Crippen molar-refractivity contribution in [2.24, 2.45) is 5.92 Å². The number of hydrogen-bond donors (Lipinski definition) is 1. The highest BCUT2D eigenvalue weighted by atomic mass is 16.5. The second-order valence-electron chi connectivity index (χ2n) is 8.31. The van der Waals surface area contributed by atoms with Crippen molar-refractivity contribution in [1.82, 2.24) is 14.9 Å². The van der Waals surface area contributed by atoms with Crippen LogP contribution in [0.15, 0.2) is 52.9 Å². The molecule has 4 rings (SSSR count). The second kappa shape index (κ2) is 9.54. The minimum atomic E-state index is -0.398. The molecule has 0 spiro atoms. The molecular formula is C25H29N3O5. The van der Waals surface area contributed by atoms with Crippen LogP contribution in [0.2, 0.25) is 0 Å². The summed E-state index contributed by atoms with van der Waals surface area (Å²) in [6.07, 6.45) is 0.700. The largest absolute Gasteiger partial charge is 0.497 e. The van der Waals surface area contributed by atoms with Gasteiger partial charge in [0.1, 0.15) is 17.2 Å². The van der Waals surface area contributed by atoms with Crippen LogP contribution >= 0.6 is 0 Å². The normalized spacial score (nSPS) is 18.2. The van der Waals surface area contributed by atoms with Crippen molar-refractivity contribution in [1.29, 1.82) is 0 Å². The van der Waals surface area contributed by atoms with Crippen molar-refractivity contribution in [2.45, 2.75) is 19.3 Å². The number of likely N-dealkylation sites (tertiary alicyclic amines) is 1. The Balaban J connectivity index is 1.69. The van der Waals surface area contributed by atoms with Crippen LogP contribution in [0.3, 0.4) is 0 Å². The molecule has 1 fully saturated rings. The number of carbonyl (C=O) groups excluding carboxylic acids is 1. The maximum atomic E-state index is 12.2. The zero-order chi connectivity index (χ0) is 23.5. The van der Waals surface area contributed by atoms with Gasteiger partial charge in [-0.2, -0.15) is 0 Å². The van der Waals surface area contributed by atoms with Crippen molar-refractivity contribution in [3.8, 4) is 34.1 Å². The molecule has 0 saturated carbocycles. The van der Waals surface area contributed by atoms with Gasteiger partial charge in [0.25, 0.3) is 0 Å². The quantitative estimate of drug-likeness (QED) is 0.439. The van der Waals surface area contributed by atoms with E-state index in [1.54, 1.807) is 19.1 Å². The van der Waals surface area contributed by atoms with Crippen molar-refractivity contribution < 1.29 is 23.9 Å². The first-order valence-corrected chi connectivity index (χ1v) is 10.9. The Labute approximate surface area is 193 Å². The van der Waals surface area contributed by atoms with Crippen molar-refractivity contribution in [3.63, 3.8) is 0 Å². The van der Waals surface area contributed by atoms with Gasteiger partial charge in [0.05, 0.1) is 14.2 Å². The van der Waals surface area contributed by atoms with Gasteiger partial charge in [0.2, 0.25) is 0 Å². The molecule has 8 nitrogen and oxygen atoms in total. The molecule has 1 aliphatic rings. The molecule has 2 aromatic carbocycles. The Hall–Kier alpha value is -3.52. The number of urea groups is 1. The molecule has 8 heteroatoms. The van der Waals surface area contributed by atoms with Gasteiger partial charge in [0, 0.05) is 37.2 Å². The molecule has 0 bridgehead atoms. The molecule has 2 unspecified atom stereocenters. The van der Waals surface area contributed by atoms with E-state index in [4.69, 9.17) is 18.9 Å². The third-order valence-corrected chi connectivity index (χ3v) is 6.13. The fourth-order valence-electron chi connectivity index (χ4n) is 4.27. The first-order chi connectivity index (χ1) is 15.9. The van der Waals surface area contributed by atoms with E-state index in [0.717, 1.165) is 28.3 Å². The number of piperidine rings is 1. The number of rotatable bonds is 5. The highest BCUT2D eigenvalue weighted by Gasteiger charge is 2.34. The molecule has 1 saturated heterocycles. The number of amides is 2. The first-order valence-electron chi connectivity index (χ1n) is 10.9. The van der Waals surface area contributed by atoms with Crippen molar-refractivity contribution in [2.75, 3.05) is 34.4 Å². The lowest BCUT2D eigenvalue weighted by Gasteiger charge is -2.36. The molecule has 1 aliphatic heterocycles. The number of hydrogen-bond acceptors (Lipinski definition) is 6. The van der Waals surface area contributed by atoms with Crippen LogP contribution in [-0.2, 0) is 0 Å². The third kappa shape index (κ3) is 4.66. The molecule has 2 heterocycles. The number of ether oxygens (including phenoxy) is 2. The van der Waals surface area contributed by atoms with Gasteiger partial charge in [-0.15, -0.1) is 0 Å². The Morgan fingerprint density at radius 2 is 1.64 bits per heavy atom. The van der Waals surface area contributed by atoms with Crippen LogP contribution in [0.1, 0.15) is 25.2 Å². The van der Waals surface area contributed by atoms with Crippen molar-refractivity contribution in [3.05, 3.63) is 54.4 Å². The van der Waals surface area contributed by atoms with E-state index in [1.165, 1.54) is 7.05 Å². The number of carbonyl (C=O) groups is 1. The molecule has 1 N–H and O–H groups in total. The standard InChI is InChI=1S/C25H29N3O5/c1-16-15-28(25(29)27(2)30)14-13-21(16)24-26-22(17-5-9-19(31-3)10-6-17)23(33-24)18-7-11-20(32-4)12-8-18/h5-12,16,21,30H,13-15H2,1-4H3. The van der Waals surface area contributed by atoms with Crippen LogP contribution in [-0.4, -0.2) is 60.5 Å². The van der Waals surface area contributed by atoms with E-state index in [9.17, 15) is 10.0 Å². The molecular weight excluding hydrogens is 422 g/mol. The van der Waals surface area contributed by atoms with E-state index in [-0.39, 0.29) is 11.8 Å². The predicted octanol–water partition coefficient (Wildman–Crippen LogP) is 4.89. The number of hydroxylamine groups is 2. The molecule has 0 aliphatic carbocycles. The summed E-state index contributed by atoms with van der Waals surface area (Å²) in [6, 6.07) is 15.0. The zero-order valence-electron chi connectivity index (χ0n) is 19.3. The van der Waals surface area contributed by atoms with Gasteiger partial charge in [-0.1, -0.05) is 6.92 Å². The molecule has 2 atom stereocenters. The number of nitrogens with zero attached hydrogens (tertiary/aromatic N) is 3. The van der Waals surface area contributed by atoms with E-state index in [0.29, 0.717) is 36.2 Å². The average Bonchev–Trinajstić information content (AvgIpc) is 3.28. The zero-order valence-corrected chi connectivity index (χ0v) is 19.3. The summed E-state index contributed by atoms with van der Waals surface area (Å²) >= 11 is 0. The fourth-order valence-corrected chi connectivity index (χ4v) is 4.27. The molecule has 174 valence electrons. The molecule has 33 heavy (non-hydrogen) atoms. The summed E-state index contributed by atoms with van der Waals surface area (Å²) in [5.74, 6) is 3.06. The van der Waals surface area contributed by atoms with Gasteiger partial charge in [-0.3, -0.25) is 5.21 Å². The maximum absolute atomic E-state index is 12.2. The maximum Gasteiger partial charge on any atom is 0.343 e. The molecule has 0 radical (unpaired) electrons. The lowest BCUT2D eigenvalue weighted by Crippen LogP contribution is -2.46. The van der Waals surface area contributed by atoms with Gasteiger partial charge in [-0.05, 0) is 60.9 Å². The topological polar surface area (TPSA) is 88.3 Å². The molecule has 2 amide bonds. The average molecular weight is 452 g/mol. The second-order valence-corrected chi connectivity index (χ2v) is 8.31. The Morgan fingerprint density at radius 3 is 2.15 bits per heavy atom. The molecule has 3 aromatic rings. The Morgan fingerprint density at radius 1 is 1.06 bits per heavy atom. The van der Waals surface area contributed by atoms with E-state index >= 15 is 0 Å². The first kappa shape index (κ1) is 22.7. The Bertz CT molecular complexity index is 1030. The highest BCUT2D eigenvalue weighted by Crippen LogP contribution is 2.40. The Kier molecular flexibility index (Phi) is 6.55. The van der Waals surface area contributed by atoms with Crippen molar-refractivity contribution >= 4 is 6.03 Å². The number of oxazole rings is 1. The predicted molar refractivity (Wildman–Crippen MR) is 124 cm³/mol. The van der Waals surface area contributed by atoms with Crippen LogP contribution in [0.4, 0.5) is 4.79 Å². The SMILES string of the molecule is COc1ccc(-c2nc(C3CCN(C(=O)N(C)O)CC3C)oc2-c2ccc(OC)cc2)cc1. The summed E-state index contributed by atoms with van der Waals surface area (Å²) < 4.78 is 17.0. The number of aromatic nitrogens is 1. The number of benzene rings is 2. The summed E-state index contributed by atoms with van der Waals surface area (Å²) in [5, 5.41) is 10.1. The van der Waals surface area contributed by atoms with E-state index < -0.39 is 6.03 Å².